The standard InChI is InChI=1S/C20H31N5O.HI/c1-6-25(18-9-7-8-15(2)14-18)13-12-23-20(21-5)22-11-10-19-16(3)24-26-17(19)4;/h7-9,14H,6,10-13H2,1-5H3,(H2,21,22,23);1H. The Bertz CT molecular complexity index is 709. The van der Waals surface area contributed by atoms with E-state index in [9.17, 15) is 0 Å². The number of aromatic nitrogens is 1. The van der Waals surface area contributed by atoms with E-state index in [2.05, 4.69) is 63.8 Å². The van der Waals surface area contributed by atoms with Crippen molar-refractivity contribution >= 4 is 35.6 Å². The van der Waals surface area contributed by atoms with Crippen LogP contribution in [0.25, 0.3) is 0 Å². The molecular formula is C20H32IN5O. The number of rotatable bonds is 8. The fraction of sp³-hybridized carbons (Fsp3) is 0.500. The molecule has 6 nitrogen and oxygen atoms in total. The first-order chi connectivity index (χ1) is 12.5. The number of guanidine groups is 1. The van der Waals surface area contributed by atoms with Crippen LogP contribution in [-0.2, 0) is 6.42 Å². The second-order valence-corrected chi connectivity index (χ2v) is 6.40. The highest BCUT2D eigenvalue weighted by atomic mass is 127. The Labute approximate surface area is 179 Å². The normalized spacial score (nSPS) is 11.1. The van der Waals surface area contributed by atoms with Crippen molar-refractivity contribution in [2.24, 2.45) is 4.99 Å². The lowest BCUT2D eigenvalue weighted by Crippen LogP contribution is -2.42. The van der Waals surface area contributed by atoms with Gasteiger partial charge in [-0.2, -0.15) is 0 Å². The van der Waals surface area contributed by atoms with Crippen LogP contribution in [0.4, 0.5) is 5.69 Å². The average molecular weight is 485 g/mol. The lowest BCUT2D eigenvalue weighted by molar-refractivity contribution is 0.392. The zero-order valence-electron chi connectivity index (χ0n) is 17.0. The number of hydrogen-bond acceptors (Lipinski definition) is 4. The smallest absolute Gasteiger partial charge is 0.191 e. The Balaban J connectivity index is 0.00000364. The molecule has 0 spiro atoms. The summed E-state index contributed by atoms with van der Waals surface area (Å²) in [5, 5.41) is 10.7. The van der Waals surface area contributed by atoms with E-state index in [1.54, 1.807) is 7.05 Å². The molecule has 0 aliphatic rings. The number of nitrogens with one attached hydrogen (secondary N) is 2. The van der Waals surface area contributed by atoms with E-state index in [-0.39, 0.29) is 24.0 Å². The maximum atomic E-state index is 5.20. The molecular weight excluding hydrogens is 453 g/mol. The largest absolute Gasteiger partial charge is 0.370 e. The van der Waals surface area contributed by atoms with Crippen LogP contribution >= 0.6 is 24.0 Å². The monoisotopic (exact) mass is 485 g/mol. The van der Waals surface area contributed by atoms with Gasteiger partial charge >= 0.3 is 0 Å². The van der Waals surface area contributed by atoms with E-state index in [1.807, 2.05) is 13.8 Å². The number of likely N-dealkylation sites (N-methyl/N-ethyl adjacent to an activating group) is 1. The molecule has 0 bridgehead atoms. The zero-order chi connectivity index (χ0) is 18.9. The van der Waals surface area contributed by atoms with Gasteiger partial charge in [0.1, 0.15) is 5.76 Å². The average Bonchev–Trinajstić information content (AvgIpc) is 2.95. The summed E-state index contributed by atoms with van der Waals surface area (Å²) < 4.78 is 5.20. The minimum atomic E-state index is 0. The maximum Gasteiger partial charge on any atom is 0.191 e. The van der Waals surface area contributed by atoms with Crippen LogP contribution in [-0.4, -0.2) is 44.3 Å². The molecule has 7 heteroatoms. The van der Waals surface area contributed by atoms with Crippen LogP contribution in [0, 0.1) is 20.8 Å². The molecule has 0 amide bonds. The lowest BCUT2D eigenvalue weighted by atomic mass is 10.1. The van der Waals surface area contributed by atoms with Crippen LogP contribution in [0.5, 0.6) is 0 Å². The highest BCUT2D eigenvalue weighted by Gasteiger charge is 2.09. The Morgan fingerprint density at radius 3 is 2.52 bits per heavy atom. The van der Waals surface area contributed by atoms with Crippen LogP contribution in [0.1, 0.15) is 29.5 Å². The van der Waals surface area contributed by atoms with Crippen LogP contribution in [0.15, 0.2) is 33.8 Å². The number of aliphatic imine (C=N–C) groups is 1. The van der Waals surface area contributed by atoms with Crippen LogP contribution in [0.2, 0.25) is 0 Å². The summed E-state index contributed by atoms with van der Waals surface area (Å²) in [6.45, 7) is 11.7. The Hall–Kier alpha value is -1.77. The van der Waals surface area contributed by atoms with Crippen molar-refractivity contribution in [3.05, 3.63) is 46.8 Å². The van der Waals surface area contributed by atoms with Gasteiger partial charge in [-0.15, -0.1) is 24.0 Å². The van der Waals surface area contributed by atoms with Gasteiger partial charge in [0.05, 0.1) is 5.69 Å². The minimum Gasteiger partial charge on any atom is -0.370 e. The minimum absolute atomic E-state index is 0. The van der Waals surface area contributed by atoms with Gasteiger partial charge in [0.25, 0.3) is 0 Å². The molecule has 2 rings (SSSR count). The first kappa shape index (κ1) is 23.3. The summed E-state index contributed by atoms with van der Waals surface area (Å²) >= 11 is 0. The molecule has 0 atom stereocenters. The predicted octanol–water partition coefficient (Wildman–Crippen LogP) is 3.45. The molecule has 0 aliphatic carbocycles. The summed E-state index contributed by atoms with van der Waals surface area (Å²) in [7, 11) is 1.80. The topological polar surface area (TPSA) is 65.7 Å². The van der Waals surface area contributed by atoms with Crippen molar-refractivity contribution < 1.29 is 4.52 Å². The molecule has 0 saturated heterocycles. The molecule has 0 radical (unpaired) electrons. The van der Waals surface area contributed by atoms with Gasteiger partial charge in [-0.05, 0) is 51.8 Å². The van der Waals surface area contributed by atoms with Gasteiger partial charge in [0.2, 0.25) is 0 Å². The van der Waals surface area contributed by atoms with Gasteiger partial charge in [0.15, 0.2) is 5.96 Å². The summed E-state index contributed by atoms with van der Waals surface area (Å²) in [6, 6.07) is 8.61. The fourth-order valence-electron chi connectivity index (χ4n) is 2.99. The SMILES string of the molecule is CCN(CCNC(=NC)NCCc1c(C)noc1C)c1cccc(C)c1.I. The van der Waals surface area contributed by atoms with Crippen molar-refractivity contribution in [2.45, 2.75) is 34.1 Å². The molecule has 2 aromatic rings. The van der Waals surface area contributed by atoms with Gasteiger partial charge in [-0.3, -0.25) is 4.99 Å². The first-order valence-electron chi connectivity index (χ1n) is 9.23. The van der Waals surface area contributed by atoms with Crippen LogP contribution in [0.3, 0.4) is 0 Å². The van der Waals surface area contributed by atoms with E-state index in [4.69, 9.17) is 4.52 Å². The van der Waals surface area contributed by atoms with Crippen molar-refractivity contribution in [3.8, 4) is 0 Å². The molecule has 1 heterocycles. The summed E-state index contributed by atoms with van der Waals surface area (Å²) in [5.74, 6) is 1.71. The zero-order valence-corrected chi connectivity index (χ0v) is 19.3. The van der Waals surface area contributed by atoms with Gasteiger partial charge in [-0.1, -0.05) is 17.3 Å². The summed E-state index contributed by atoms with van der Waals surface area (Å²) in [4.78, 5) is 6.66. The quantitative estimate of drug-likeness (QED) is 0.341. The number of benzene rings is 1. The highest BCUT2D eigenvalue weighted by Crippen LogP contribution is 2.15. The second kappa shape index (κ2) is 11.8. The number of nitrogens with zero attached hydrogens (tertiary/aromatic N) is 3. The Morgan fingerprint density at radius 2 is 1.93 bits per heavy atom. The molecule has 0 fully saturated rings. The molecule has 1 aromatic heterocycles. The van der Waals surface area contributed by atoms with Crippen molar-refractivity contribution in [1.82, 2.24) is 15.8 Å². The van der Waals surface area contributed by atoms with E-state index in [1.165, 1.54) is 16.8 Å². The van der Waals surface area contributed by atoms with Gasteiger partial charge in [0, 0.05) is 44.5 Å². The highest BCUT2D eigenvalue weighted by molar-refractivity contribution is 14.0. The van der Waals surface area contributed by atoms with E-state index in [0.717, 1.165) is 50.0 Å². The van der Waals surface area contributed by atoms with Crippen molar-refractivity contribution in [3.63, 3.8) is 0 Å². The van der Waals surface area contributed by atoms with Gasteiger partial charge < -0.3 is 20.1 Å². The van der Waals surface area contributed by atoms with Crippen molar-refractivity contribution in [1.29, 1.82) is 0 Å². The molecule has 0 saturated carbocycles. The Morgan fingerprint density at radius 1 is 1.19 bits per heavy atom. The fourth-order valence-corrected chi connectivity index (χ4v) is 2.99. The van der Waals surface area contributed by atoms with Gasteiger partial charge in [-0.25, -0.2) is 0 Å². The van der Waals surface area contributed by atoms with E-state index < -0.39 is 0 Å². The predicted molar refractivity (Wildman–Crippen MR) is 124 cm³/mol. The molecule has 0 aliphatic heterocycles. The third-order valence-electron chi connectivity index (χ3n) is 4.49. The van der Waals surface area contributed by atoms with Crippen LogP contribution < -0.4 is 15.5 Å². The van der Waals surface area contributed by atoms with E-state index in [0.29, 0.717) is 0 Å². The second-order valence-electron chi connectivity index (χ2n) is 6.40. The third-order valence-corrected chi connectivity index (χ3v) is 4.49. The number of anilines is 1. The number of aryl methyl sites for hydroxylation is 3. The molecule has 2 N–H and O–H groups in total. The third kappa shape index (κ3) is 7.04. The summed E-state index contributed by atoms with van der Waals surface area (Å²) in [5.41, 5.74) is 4.68. The number of halogens is 1. The molecule has 27 heavy (non-hydrogen) atoms. The molecule has 1 aromatic carbocycles. The first-order valence-corrected chi connectivity index (χ1v) is 9.23. The molecule has 150 valence electrons. The maximum absolute atomic E-state index is 5.20. The Kier molecular flexibility index (Phi) is 10.2. The number of hydrogen-bond donors (Lipinski definition) is 2. The summed E-state index contributed by atoms with van der Waals surface area (Å²) in [6.07, 6.45) is 0.867. The van der Waals surface area contributed by atoms with Crippen molar-refractivity contribution in [2.75, 3.05) is 38.1 Å². The lowest BCUT2D eigenvalue weighted by Gasteiger charge is -2.24. The van der Waals surface area contributed by atoms with E-state index >= 15 is 0 Å². The molecule has 0 unspecified atom stereocenters.